The van der Waals surface area contributed by atoms with Gasteiger partial charge in [0.05, 0.1) is 13.2 Å². The number of nitrogens with one attached hydrogen (secondary N) is 1. The van der Waals surface area contributed by atoms with Gasteiger partial charge in [0.1, 0.15) is 0 Å². The molecular weight excluding hydrogens is 254 g/mol. The first-order valence-corrected chi connectivity index (χ1v) is 6.86. The summed E-state index contributed by atoms with van der Waals surface area (Å²) in [5, 5.41) is 2.92. The second kappa shape index (κ2) is 6.64. The van der Waals surface area contributed by atoms with Crippen LogP contribution in [0.1, 0.15) is 40.2 Å². The molecule has 4 nitrogen and oxygen atoms in total. The number of methoxy groups -OCH3 is 1. The number of carbonyl (C=O) groups excluding carboxylic acids is 1. The van der Waals surface area contributed by atoms with Crippen LogP contribution in [-0.2, 0) is 11.3 Å². The molecule has 112 valence electrons. The minimum atomic E-state index is -0.384. The fourth-order valence-electron chi connectivity index (χ4n) is 1.62. The molecule has 0 saturated heterocycles. The first-order valence-electron chi connectivity index (χ1n) is 6.86. The Morgan fingerprint density at radius 2 is 1.90 bits per heavy atom. The molecule has 0 saturated carbocycles. The highest BCUT2D eigenvalue weighted by molar-refractivity contribution is 5.81. The van der Waals surface area contributed by atoms with Crippen molar-refractivity contribution < 1.29 is 14.3 Å². The van der Waals surface area contributed by atoms with Crippen molar-refractivity contribution in [3.63, 3.8) is 0 Å². The van der Waals surface area contributed by atoms with Crippen LogP contribution in [0.15, 0.2) is 18.2 Å². The van der Waals surface area contributed by atoms with Crippen LogP contribution in [-0.4, -0.2) is 19.1 Å². The normalized spacial score (nSPS) is 11.3. The van der Waals surface area contributed by atoms with Crippen LogP contribution < -0.4 is 14.8 Å². The Morgan fingerprint density at radius 1 is 1.25 bits per heavy atom. The molecule has 0 heterocycles. The highest BCUT2D eigenvalue weighted by Crippen LogP contribution is 2.29. The monoisotopic (exact) mass is 279 g/mol. The number of benzene rings is 1. The molecule has 0 aliphatic rings. The van der Waals surface area contributed by atoms with Crippen molar-refractivity contribution in [3.05, 3.63) is 23.8 Å². The van der Waals surface area contributed by atoms with Crippen LogP contribution in [0.3, 0.4) is 0 Å². The smallest absolute Gasteiger partial charge is 0.225 e. The molecular formula is C16H25NO3. The Morgan fingerprint density at radius 3 is 2.40 bits per heavy atom. The van der Waals surface area contributed by atoms with Crippen LogP contribution in [0.5, 0.6) is 11.5 Å². The fourth-order valence-corrected chi connectivity index (χ4v) is 1.62. The lowest BCUT2D eigenvalue weighted by Crippen LogP contribution is -2.34. The largest absolute Gasteiger partial charge is 0.493 e. The lowest BCUT2D eigenvalue weighted by molar-refractivity contribution is -0.128. The molecule has 1 aromatic carbocycles. The topological polar surface area (TPSA) is 47.6 Å². The number of ether oxygens (including phenoxy) is 2. The molecule has 20 heavy (non-hydrogen) atoms. The standard InChI is InChI=1S/C16H25NO3/c1-11(2)20-13-8-7-12(9-14(13)19-6)10-17-15(18)16(3,4)5/h7-9,11H,10H2,1-6H3,(H,17,18). The summed E-state index contributed by atoms with van der Waals surface area (Å²) in [6.45, 7) is 10.1. The van der Waals surface area contributed by atoms with Gasteiger partial charge in [-0.1, -0.05) is 26.8 Å². The summed E-state index contributed by atoms with van der Waals surface area (Å²) in [6.07, 6.45) is 0.0929. The maximum Gasteiger partial charge on any atom is 0.225 e. The lowest BCUT2D eigenvalue weighted by Gasteiger charge is -2.18. The molecule has 1 amide bonds. The van der Waals surface area contributed by atoms with E-state index in [1.807, 2.05) is 52.8 Å². The molecule has 0 fully saturated rings. The van der Waals surface area contributed by atoms with E-state index in [1.165, 1.54) is 0 Å². The summed E-state index contributed by atoms with van der Waals surface area (Å²) in [5.41, 5.74) is 0.598. The number of rotatable bonds is 5. The molecule has 0 spiro atoms. The van der Waals surface area contributed by atoms with Gasteiger partial charge in [0.25, 0.3) is 0 Å². The molecule has 0 radical (unpaired) electrons. The Bertz CT molecular complexity index is 461. The molecule has 0 atom stereocenters. The zero-order valence-corrected chi connectivity index (χ0v) is 13.2. The second-order valence-corrected chi connectivity index (χ2v) is 6.08. The minimum absolute atomic E-state index is 0.0268. The van der Waals surface area contributed by atoms with Gasteiger partial charge in [0.2, 0.25) is 5.91 Å². The summed E-state index contributed by atoms with van der Waals surface area (Å²) in [7, 11) is 1.61. The Hall–Kier alpha value is -1.71. The zero-order valence-electron chi connectivity index (χ0n) is 13.2. The fraction of sp³-hybridized carbons (Fsp3) is 0.562. The molecule has 0 aromatic heterocycles. The van der Waals surface area contributed by atoms with E-state index in [9.17, 15) is 4.79 Å². The summed E-state index contributed by atoms with van der Waals surface area (Å²) >= 11 is 0. The van der Waals surface area contributed by atoms with Crippen LogP contribution >= 0.6 is 0 Å². The van der Waals surface area contributed by atoms with Crippen molar-refractivity contribution in [1.29, 1.82) is 0 Å². The summed E-state index contributed by atoms with van der Waals surface area (Å²) in [5.74, 6) is 1.42. The molecule has 1 aromatic rings. The van der Waals surface area contributed by atoms with Gasteiger partial charge in [-0.25, -0.2) is 0 Å². The second-order valence-electron chi connectivity index (χ2n) is 6.08. The number of hydrogen-bond donors (Lipinski definition) is 1. The summed E-state index contributed by atoms with van der Waals surface area (Å²) < 4.78 is 11.0. The maximum absolute atomic E-state index is 11.8. The third kappa shape index (κ3) is 4.76. The number of carbonyl (C=O) groups is 1. The first-order chi connectivity index (χ1) is 9.24. The highest BCUT2D eigenvalue weighted by atomic mass is 16.5. The Labute approximate surface area is 121 Å². The van der Waals surface area contributed by atoms with E-state index in [4.69, 9.17) is 9.47 Å². The van der Waals surface area contributed by atoms with Crippen molar-refractivity contribution in [2.45, 2.75) is 47.3 Å². The predicted octanol–water partition coefficient (Wildman–Crippen LogP) is 3.14. The number of amides is 1. The van der Waals surface area contributed by atoms with Crippen molar-refractivity contribution in [2.75, 3.05) is 7.11 Å². The van der Waals surface area contributed by atoms with Crippen LogP contribution in [0.2, 0.25) is 0 Å². The van der Waals surface area contributed by atoms with E-state index >= 15 is 0 Å². The van der Waals surface area contributed by atoms with Gasteiger partial charge < -0.3 is 14.8 Å². The van der Waals surface area contributed by atoms with Crippen molar-refractivity contribution in [2.24, 2.45) is 5.41 Å². The molecule has 0 unspecified atom stereocenters. The van der Waals surface area contributed by atoms with Gasteiger partial charge in [-0.15, -0.1) is 0 Å². The Kier molecular flexibility index (Phi) is 5.43. The van der Waals surface area contributed by atoms with Gasteiger partial charge in [0, 0.05) is 12.0 Å². The molecule has 0 aliphatic carbocycles. The average molecular weight is 279 g/mol. The quantitative estimate of drug-likeness (QED) is 0.900. The van der Waals surface area contributed by atoms with E-state index in [-0.39, 0.29) is 17.4 Å². The van der Waals surface area contributed by atoms with E-state index in [0.717, 1.165) is 5.56 Å². The molecule has 0 aliphatic heterocycles. The van der Waals surface area contributed by atoms with Crippen LogP contribution in [0.4, 0.5) is 0 Å². The SMILES string of the molecule is COc1cc(CNC(=O)C(C)(C)C)ccc1OC(C)C. The maximum atomic E-state index is 11.8. The van der Waals surface area contributed by atoms with Crippen LogP contribution in [0, 0.1) is 5.41 Å². The van der Waals surface area contributed by atoms with E-state index in [1.54, 1.807) is 7.11 Å². The minimum Gasteiger partial charge on any atom is -0.493 e. The molecule has 1 rings (SSSR count). The highest BCUT2D eigenvalue weighted by Gasteiger charge is 2.20. The predicted molar refractivity (Wildman–Crippen MR) is 80.1 cm³/mol. The summed E-state index contributed by atoms with van der Waals surface area (Å²) in [4.78, 5) is 11.8. The third-order valence-electron chi connectivity index (χ3n) is 2.72. The Balaban J connectivity index is 2.76. The van der Waals surface area contributed by atoms with Crippen molar-refractivity contribution >= 4 is 5.91 Å². The average Bonchev–Trinajstić information content (AvgIpc) is 2.35. The van der Waals surface area contributed by atoms with Gasteiger partial charge in [0.15, 0.2) is 11.5 Å². The van der Waals surface area contributed by atoms with E-state index in [2.05, 4.69) is 5.32 Å². The van der Waals surface area contributed by atoms with Gasteiger partial charge in [-0.3, -0.25) is 4.79 Å². The van der Waals surface area contributed by atoms with Gasteiger partial charge in [-0.05, 0) is 31.5 Å². The first kappa shape index (κ1) is 16.3. The van der Waals surface area contributed by atoms with Gasteiger partial charge >= 0.3 is 0 Å². The van der Waals surface area contributed by atoms with E-state index in [0.29, 0.717) is 18.0 Å². The molecule has 0 bridgehead atoms. The third-order valence-corrected chi connectivity index (χ3v) is 2.72. The van der Waals surface area contributed by atoms with Gasteiger partial charge in [-0.2, -0.15) is 0 Å². The zero-order chi connectivity index (χ0) is 15.3. The summed E-state index contributed by atoms with van der Waals surface area (Å²) in [6, 6.07) is 5.70. The van der Waals surface area contributed by atoms with Crippen molar-refractivity contribution in [3.8, 4) is 11.5 Å². The lowest BCUT2D eigenvalue weighted by atomic mass is 9.95. The van der Waals surface area contributed by atoms with Crippen molar-refractivity contribution in [1.82, 2.24) is 5.32 Å². The van der Waals surface area contributed by atoms with E-state index < -0.39 is 0 Å². The van der Waals surface area contributed by atoms with Crippen LogP contribution in [0.25, 0.3) is 0 Å². The molecule has 1 N–H and O–H groups in total. The number of hydrogen-bond acceptors (Lipinski definition) is 3. The molecule has 4 heteroatoms.